The average molecular weight is 368 g/mol. The maximum absolute atomic E-state index is 13.1. The number of carbonyl (C=O) groups is 1. The Hall–Kier alpha value is -1.56. The molecule has 3 rings (SSSR count). The molecule has 144 valence electrons. The fourth-order valence-corrected chi connectivity index (χ4v) is 3.84. The molecule has 1 heterocycles. The number of benzene rings is 1. The number of halogens is 3. The second-order valence-corrected chi connectivity index (χ2v) is 7.70. The van der Waals surface area contributed by atoms with Gasteiger partial charge in [0.25, 0.3) is 0 Å². The minimum Gasteiger partial charge on any atom is -0.356 e. The summed E-state index contributed by atoms with van der Waals surface area (Å²) in [5.41, 5.74) is -0.359. The van der Waals surface area contributed by atoms with Crippen molar-refractivity contribution in [3.05, 3.63) is 35.4 Å². The van der Waals surface area contributed by atoms with Crippen LogP contribution in [0.4, 0.5) is 13.2 Å². The molecule has 2 fully saturated rings. The van der Waals surface area contributed by atoms with E-state index >= 15 is 0 Å². The molecule has 1 saturated heterocycles. The van der Waals surface area contributed by atoms with Crippen LogP contribution in [0, 0.1) is 11.8 Å². The Labute approximate surface area is 152 Å². The van der Waals surface area contributed by atoms with Crippen molar-refractivity contribution in [1.29, 1.82) is 0 Å². The van der Waals surface area contributed by atoms with Gasteiger partial charge in [0.2, 0.25) is 5.91 Å². The average Bonchev–Trinajstić information content (AvgIpc) is 3.40. The molecule has 1 saturated carbocycles. The molecule has 1 aliphatic carbocycles. The third kappa shape index (κ3) is 4.78. The van der Waals surface area contributed by atoms with Crippen LogP contribution in [0.3, 0.4) is 0 Å². The summed E-state index contributed by atoms with van der Waals surface area (Å²) in [6.45, 7) is 6.08. The minimum atomic E-state index is -4.37. The molecule has 2 unspecified atom stereocenters. The van der Waals surface area contributed by atoms with Crippen LogP contribution in [0.15, 0.2) is 24.3 Å². The van der Waals surface area contributed by atoms with E-state index < -0.39 is 11.7 Å². The maximum atomic E-state index is 13.1. The Bertz CT molecular complexity index is 624. The summed E-state index contributed by atoms with van der Waals surface area (Å²) in [6, 6.07) is 5.60. The number of nitrogens with zero attached hydrogens (tertiary/aromatic N) is 1. The van der Waals surface area contributed by atoms with Gasteiger partial charge < -0.3 is 10.2 Å². The van der Waals surface area contributed by atoms with Crippen molar-refractivity contribution in [2.75, 3.05) is 26.2 Å². The molecular weight excluding hydrogens is 341 g/mol. The lowest BCUT2D eigenvalue weighted by molar-refractivity contribution is -0.138. The van der Waals surface area contributed by atoms with Gasteiger partial charge in [-0.1, -0.05) is 25.1 Å². The predicted molar refractivity (Wildman–Crippen MR) is 94.8 cm³/mol. The molecule has 1 aromatic rings. The molecule has 0 spiro atoms. The van der Waals surface area contributed by atoms with Gasteiger partial charge in [-0.2, -0.15) is 13.2 Å². The third-order valence-electron chi connectivity index (χ3n) is 5.62. The molecule has 1 N–H and O–H groups in total. The van der Waals surface area contributed by atoms with Gasteiger partial charge in [-0.3, -0.25) is 4.79 Å². The van der Waals surface area contributed by atoms with E-state index in [2.05, 4.69) is 17.1 Å². The Kier molecular flexibility index (Phi) is 5.90. The molecule has 2 atom stereocenters. The number of piperidine rings is 1. The molecule has 3 nitrogen and oxygen atoms in total. The van der Waals surface area contributed by atoms with Gasteiger partial charge in [0, 0.05) is 12.5 Å². The summed E-state index contributed by atoms with van der Waals surface area (Å²) in [7, 11) is 0. The Balaban J connectivity index is 1.42. The van der Waals surface area contributed by atoms with E-state index in [4.69, 9.17) is 0 Å². The maximum Gasteiger partial charge on any atom is 0.416 e. The quantitative estimate of drug-likeness (QED) is 0.769. The summed E-state index contributed by atoms with van der Waals surface area (Å²) < 4.78 is 39.3. The molecule has 2 aliphatic rings. The van der Waals surface area contributed by atoms with Gasteiger partial charge in [-0.05, 0) is 68.8 Å². The summed E-state index contributed by atoms with van der Waals surface area (Å²) in [5.74, 6) is 0.0577. The van der Waals surface area contributed by atoms with Gasteiger partial charge in [-0.15, -0.1) is 0 Å². The number of alkyl halides is 3. The van der Waals surface area contributed by atoms with Crippen LogP contribution in [0.2, 0.25) is 0 Å². The first-order valence-corrected chi connectivity index (χ1v) is 9.52. The molecule has 26 heavy (non-hydrogen) atoms. The predicted octanol–water partition coefficient (Wildman–Crippen LogP) is 4.05. The van der Waals surface area contributed by atoms with Crippen LogP contribution in [-0.2, 0) is 11.0 Å². The number of rotatable bonds is 6. The summed E-state index contributed by atoms with van der Waals surface area (Å²) in [4.78, 5) is 14.7. The van der Waals surface area contributed by atoms with E-state index in [1.165, 1.54) is 25.0 Å². The van der Waals surface area contributed by atoms with E-state index in [9.17, 15) is 18.0 Å². The largest absolute Gasteiger partial charge is 0.416 e. The van der Waals surface area contributed by atoms with Crippen LogP contribution < -0.4 is 5.32 Å². The molecule has 6 heteroatoms. The standard InChI is InChI=1S/C20H27F3N2O/c1-14-7-11-25(12-8-14)10-4-9-24-19(26)17-13-16(17)15-5-2-3-6-18(15)20(21,22)23/h2-3,5-6,14,16-17H,4,7-13H2,1H3,(H,24,26). The molecular formula is C20H27F3N2O. The lowest BCUT2D eigenvalue weighted by Gasteiger charge is -2.30. The van der Waals surface area contributed by atoms with Crippen molar-refractivity contribution >= 4 is 5.91 Å². The molecule has 1 aromatic carbocycles. The van der Waals surface area contributed by atoms with Crippen molar-refractivity contribution in [3.63, 3.8) is 0 Å². The molecule has 1 aliphatic heterocycles. The van der Waals surface area contributed by atoms with E-state index in [0.29, 0.717) is 13.0 Å². The van der Waals surface area contributed by atoms with Gasteiger partial charge >= 0.3 is 6.18 Å². The smallest absolute Gasteiger partial charge is 0.356 e. The normalized spacial score (nSPS) is 24.5. The highest BCUT2D eigenvalue weighted by Crippen LogP contribution is 2.50. The van der Waals surface area contributed by atoms with Crippen LogP contribution in [0.5, 0.6) is 0 Å². The second-order valence-electron chi connectivity index (χ2n) is 7.70. The monoisotopic (exact) mass is 368 g/mol. The van der Waals surface area contributed by atoms with E-state index in [0.717, 1.165) is 38.0 Å². The molecule has 0 bridgehead atoms. The van der Waals surface area contributed by atoms with Gasteiger partial charge in [0.05, 0.1) is 5.56 Å². The number of hydrogen-bond donors (Lipinski definition) is 1. The number of likely N-dealkylation sites (tertiary alicyclic amines) is 1. The van der Waals surface area contributed by atoms with Crippen molar-refractivity contribution in [2.45, 2.75) is 44.7 Å². The van der Waals surface area contributed by atoms with Crippen LogP contribution in [0.1, 0.15) is 49.7 Å². The van der Waals surface area contributed by atoms with E-state index in [1.54, 1.807) is 6.07 Å². The first-order valence-electron chi connectivity index (χ1n) is 9.52. The van der Waals surface area contributed by atoms with Gasteiger partial charge in [-0.25, -0.2) is 0 Å². The van der Waals surface area contributed by atoms with Crippen molar-refractivity contribution in [3.8, 4) is 0 Å². The Morgan fingerprint density at radius 2 is 1.92 bits per heavy atom. The van der Waals surface area contributed by atoms with Crippen LogP contribution in [0.25, 0.3) is 0 Å². The highest BCUT2D eigenvalue weighted by Gasteiger charge is 2.47. The molecule has 0 aromatic heterocycles. The van der Waals surface area contributed by atoms with E-state index in [-0.39, 0.29) is 23.3 Å². The SMILES string of the molecule is CC1CCN(CCCNC(=O)C2CC2c2ccccc2C(F)(F)F)CC1. The number of amides is 1. The van der Waals surface area contributed by atoms with E-state index in [1.807, 2.05) is 0 Å². The van der Waals surface area contributed by atoms with Gasteiger partial charge in [0.1, 0.15) is 0 Å². The number of nitrogens with one attached hydrogen (secondary N) is 1. The topological polar surface area (TPSA) is 32.3 Å². The van der Waals surface area contributed by atoms with Crippen LogP contribution in [-0.4, -0.2) is 37.0 Å². The summed E-state index contributed by atoms with van der Waals surface area (Å²) >= 11 is 0. The zero-order chi connectivity index (χ0) is 18.7. The Morgan fingerprint density at radius 3 is 2.62 bits per heavy atom. The van der Waals surface area contributed by atoms with Gasteiger partial charge in [0.15, 0.2) is 0 Å². The van der Waals surface area contributed by atoms with Crippen molar-refractivity contribution in [1.82, 2.24) is 10.2 Å². The first kappa shape index (κ1) is 19.2. The first-order chi connectivity index (χ1) is 12.4. The minimum absolute atomic E-state index is 0.112. The summed E-state index contributed by atoms with van der Waals surface area (Å²) in [6.07, 6.45) is -0.519. The number of carbonyl (C=O) groups excluding carboxylic acids is 1. The third-order valence-corrected chi connectivity index (χ3v) is 5.62. The van der Waals surface area contributed by atoms with Crippen LogP contribution >= 0.6 is 0 Å². The molecule has 1 amide bonds. The number of hydrogen-bond acceptors (Lipinski definition) is 2. The zero-order valence-electron chi connectivity index (χ0n) is 15.2. The highest BCUT2D eigenvalue weighted by molar-refractivity contribution is 5.83. The molecule has 0 radical (unpaired) electrons. The lowest BCUT2D eigenvalue weighted by Crippen LogP contribution is -2.35. The fraction of sp³-hybridized carbons (Fsp3) is 0.650. The highest BCUT2D eigenvalue weighted by atomic mass is 19.4. The fourth-order valence-electron chi connectivity index (χ4n) is 3.84. The van der Waals surface area contributed by atoms with Crippen molar-refractivity contribution in [2.24, 2.45) is 11.8 Å². The summed E-state index contributed by atoms with van der Waals surface area (Å²) in [5, 5.41) is 2.90. The lowest BCUT2D eigenvalue weighted by atomic mass is 9.99. The Morgan fingerprint density at radius 1 is 1.23 bits per heavy atom. The zero-order valence-corrected chi connectivity index (χ0v) is 15.2. The van der Waals surface area contributed by atoms with Crippen molar-refractivity contribution < 1.29 is 18.0 Å². The second kappa shape index (κ2) is 7.99.